The van der Waals surface area contributed by atoms with Gasteiger partial charge < -0.3 is 20.4 Å². The lowest BCUT2D eigenvalue weighted by Gasteiger charge is -2.22. The van der Waals surface area contributed by atoms with Gasteiger partial charge >= 0.3 is 6.03 Å². The zero-order chi connectivity index (χ0) is 23.3. The molecule has 3 aromatic rings. The van der Waals surface area contributed by atoms with Gasteiger partial charge in [0.2, 0.25) is 11.9 Å². The number of carbonyl (C=O) groups is 1. The van der Waals surface area contributed by atoms with Crippen LogP contribution in [0.15, 0.2) is 23.0 Å². The predicted molar refractivity (Wildman–Crippen MR) is 125 cm³/mol. The summed E-state index contributed by atoms with van der Waals surface area (Å²) in [7, 11) is 1.52. The van der Waals surface area contributed by atoms with Crippen molar-refractivity contribution >= 4 is 40.4 Å². The fourth-order valence-corrected chi connectivity index (χ4v) is 4.48. The van der Waals surface area contributed by atoms with Crippen LogP contribution in [0.4, 0.5) is 16.7 Å². The average Bonchev–Trinajstić information content (AvgIpc) is 3.54. The third-order valence-electron chi connectivity index (χ3n) is 6.09. The first-order valence-electron chi connectivity index (χ1n) is 10.8. The van der Waals surface area contributed by atoms with Crippen LogP contribution in [0.1, 0.15) is 37.2 Å². The van der Waals surface area contributed by atoms with Crippen LogP contribution in [0.2, 0.25) is 5.02 Å². The molecule has 1 saturated carbocycles. The number of halogens is 1. The Balaban J connectivity index is 1.44. The molecule has 2 atom stereocenters. The number of aryl methyl sites for hydroxylation is 1. The van der Waals surface area contributed by atoms with Gasteiger partial charge in [0.15, 0.2) is 0 Å². The molecule has 11 heteroatoms. The Morgan fingerprint density at radius 2 is 2.00 bits per heavy atom. The number of nitrogens with zero attached hydrogens (tertiary/aromatic N) is 4. The van der Waals surface area contributed by atoms with Crippen LogP contribution in [-0.2, 0) is 0 Å². The van der Waals surface area contributed by atoms with Crippen LogP contribution in [-0.4, -0.2) is 45.7 Å². The van der Waals surface area contributed by atoms with Crippen LogP contribution < -0.4 is 25.8 Å². The molecular formula is C22H24ClN7O3. The summed E-state index contributed by atoms with van der Waals surface area (Å²) < 4.78 is 5.23. The third-order valence-corrected chi connectivity index (χ3v) is 6.38. The highest BCUT2D eigenvalue weighted by atomic mass is 35.5. The standard InChI is InChI=1S/C22H24ClN7O3/c1-10(14-6-13-7-15(23)18(33-3)8-16(13)28-19(14)31)25-20-26-11(2)27-21(29-20)30-17(12-4-5-12)9-24-22(30)32/h6-8,10,12,17H,4-5,9H2,1-3H3,(H,24,32)(H,28,31)(H,25,26,27,29)/t10-,17+/m0/s1. The fraction of sp³-hybridized carbons (Fsp3) is 0.409. The summed E-state index contributed by atoms with van der Waals surface area (Å²) in [6.07, 6.45) is 2.20. The molecule has 0 unspecified atom stereocenters. The van der Waals surface area contributed by atoms with Gasteiger partial charge in [-0.05, 0) is 44.7 Å². The van der Waals surface area contributed by atoms with Crippen molar-refractivity contribution in [2.75, 3.05) is 23.9 Å². The highest BCUT2D eigenvalue weighted by Crippen LogP contribution is 2.38. The molecule has 1 saturated heterocycles. The van der Waals surface area contributed by atoms with Crippen molar-refractivity contribution in [2.45, 2.75) is 38.8 Å². The van der Waals surface area contributed by atoms with Gasteiger partial charge in [0.25, 0.3) is 5.56 Å². The molecule has 3 N–H and O–H groups in total. The number of aromatic amines is 1. The number of fused-ring (bicyclic) bond motifs is 1. The molecule has 0 bridgehead atoms. The maximum Gasteiger partial charge on any atom is 0.324 e. The van der Waals surface area contributed by atoms with Gasteiger partial charge in [0.05, 0.1) is 29.7 Å². The summed E-state index contributed by atoms with van der Waals surface area (Å²) in [4.78, 5) is 43.0. The molecule has 172 valence electrons. The monoisotopic (exact) mass is 469 g/mol. The third kappa shape index (κ3) is 4.06. The van der Waals surface area contributed by atoms with E-state index < -0.39 is 6.04 Å². The summed E-state index contributed by atoms with van der Waals surface area (Å²) in [5, 5.41) is 7.29. The van der Waals surface area contributed by atoms with Gasteiger partial charge in [-0.25, -0.2) is 4.79 Å². The summed E-state index contributed by atoms with van der Waals surface area (Å²) in [5.41, 5.74) is 0.880. The zero-order valence-corrected chi connectivity index (χ0v) is 19.2. The smallest absolute Gasteiger partial charge is 0.324 e. The molecule has 10 nitrogen and oxygen atoms in total. The molecule has 2 aliphatic rings. The number of methoxy groups -OCH3 is 1. The Morgan fingerprint density at radius 3 is 2.73 bits per heavy atom. The van der Waals surface area contributed by atoms with Crippen molar-refractivity contribution in [3.8, 4) is 5.75 Å². The van der Waals surface area contributed by atoms with E-state index in [1.807, 2.05) is 6.92 Å². The molecule has 1 aliphatic carbocycles. The van der Waals surface area contributed by atoms with Crippen LogP contribution >= 0.6 is 11.6 Å². The Morgan fingerprint density at radius 1 is 1.21 bits per heavy atom. The van der Waals surface area contributed by atoms with Gasteiger partial charge in [0.1, 0.15) is 11.6 Å². The molecule has 2 amide bonds. The quantitative estimate of drug-likeness (QED) is 0.506. The molecule has 0 radical (unpaired) electrons. The highest BCUT2D eigenvalue weighted by molar-refractivity contribution is 6.32. The number of H-pyrrole nitrogens is 1. The molecule has 2 fully saturated rings. The number of benzene rings is 1. The topological polar surface area (TPSA) is 125 Å². The molecule has 1 aliphatic heterocycles. The normalized spacial score (nSPS) is 19.0. The fourth-order valence-electron chi connectivity index (χ4n) is 4.23. The van der Waals surface area contributed by atoms with Gasteiger partial charge in [-0.3, -0.25) is 9.69 Å². The van der Waals surface area contributed by atoms with Crippen molar-refractivity contribution in [1.29, 1.82) is 0 Å². The van der Waals surface area contributed by atoms with Gasteiger partial charge in [-0.1, -0.05) is 11.6 Å². The lowest BCUT2D eigenvalue weighted by molar-refractivity contribution is 0.251. The second kappa shape index (κ2) is 8.18. The van der Waals surface area contributed by atoms with Crippen LogP contribution in [0, 0.1) is 12.8 Å². The summed E-state index contributed by atoms with van der Waals surface area (Å²) in [6, 6.07) is 4.66. The van der Waals surface area contributed by atoms with Gasteiger partial charge in [-0.15, -0.1) is 0 Å². The minimum atomic E-state index is -0.416. The minimum Gasteiger partial charge on any atom is -0.495 e. The predicted octanol–water partition coefficient (Wildman–Crippen LogP) is 3.16. The molecular weight excluding hydrogens is 446 g/mol. The zero-order valence-electron chi connectivity index (χ0n) is 18.5. The first-order chi connectivity index (χ1) is 15.8. The van der Waals surface area contributed by atoms with Gasteiger partial charge in [-0.2, -0.15) is 15.0 Å². The Labute approximate surface area is 194 Å². The van der Waals surface area contributed by atoms with E-state index in [9.17, 15) is 9.59 Å². The molecule has 33 heavy (non-hydrogen) atoms. The number of amides is 2. The number of hydrogen-bond acceptors (Lipinski definition) is 7. The lowest BCUT2D eigenvalue weighted by atomic mass is 10.1. The van der Waals surface area contributed by atoms with E-state index in [0.717, 1.165) is 18.2 Å². The number of nitrogens with one attached hydrogen (secondary N) is 3. The van der Waals surface area contributed by atoms with Crippen molar-refractivity contribution in [3.63, 3.8) is 0 Å². The largest absolute Gasteiger partial charge is 0.495 e. The number of rotatable bonds is 6. The van der Waals surface area contributed by atoms with E-state index >= 15 is 0 Å². The maximum absolute atomic E-state index is 12.8. The average molecular weight is 470 g/mol. The van der Waals surface area contributed by atoms with Crippen molar-refractivity contribution in [3.05, 3.63) is 45.0 Å². The Kier molecular flexibility index (Phi) is 5.32. The molecule has 0 spiro atoms. The van der Waals surface area contributed by atoms with Crippen molar-refractivity contribution in [1.82, 2.24) is 25.3 Å². The molecule has 1 aromatic carbocycles. The minimum absolute atomic E-state index is 0.0506. The summed E-state index contributed by atoms with van der Waals surface area (Å²) >= 11 is 6.26. The van der Waals surface area contributed by atoms with Gasteiger partial charge in [0, 0.05) is 23.6 Å². The maximum atomic E-state index is 12.8. The number of hydrogen-bond donors (Lipinski definition) is 3. The van der Waals surface area contributed by atoms with Crippen molar-refractivity contribution < 1.29 is 9.53 Å². The van der Waals surface area contributed by atoms with E-state index in [0.29, 0.717) is 52.0 Å². The molecule has 3 heterocycles. The van der Waals surface area contributed by atoms with Crippen molar-refractivity contribution in [2.24, 2.45) is 5.92 Å². The first-order valence-corrected chi connectivity index (χ1v) is 11.2. The highest BCUT2D eigenvalue weighted by Gasteiger charge is 2.43. The van der Waals surface area contributed by atoms with Crippen LogP contribution in [0.5, 0.6) is 5.75 Å². The number of pyridine rings is 1. The Bertz CT molecular complexity index is 1310. The second-order valence-corrected chi connectivity index (χ2v) is 8.87. The number of aromatic nitrogens is 4. The van der Waals surface area contributed by atoms with E-state index in [-0.39, 0.29) is 17.6 Å². The SMILES string of the molecule is COc1cc2[nH]c(=O)c([C@H](C)Nc3nc(C)nc(N4C(=O)NC[C@@H]4C4CC4)n3)cc2cc1Cl. The van der Waals surface area contributed by atoms with E-state index in [4.69, 9.17) is 16.3 Å². The number of carbonyl (C=O) groups excluding carboxylic acids is 1. The number of urea groups is 1. The number of ether oxygens (including phenoxy) is 1. The lowest BCUT2D eigenvalue weighted by Crippen LogP contribution is -2.37. The molecule has 2 aromatic heterocycles. The summed E-state index contributed by atoms with van der Waals surface area (Å²) in [6.45, 7) is 4.18. The Hall–Kier alpha value is -3.40. The van der Waals surface area contributed by atoms with E-state index in [2.05, 4.69) is 30.6 Å². The van der Waals surface area contributed by atoms with E-state index in [1.165, 1.54) is 7.11 Å². The van der Waals surface area contributed by atoms with Crippen LogP contribution in [0.25, 0.3) is 10.9 Å². The van der Waals surface area contributed by atoms with Crippen LogP contribution in [0.3, 0.4) is 0 Å². The molecule has 5 rings (SSSR count). The second-order valence-electron chi connectivity index (χ2n) is 8.46. The van der Waals surface area contributed by atoms with E-state index in [1.54, 1.807) is 30.0 Å². The first kappa shape index (κ1) is 21.4. The number of anilines is 2. The summed E-state index contributed by atoms with van der Waals surface area (Å²) in [5.74, 6) is 2.05.